The van der Waals surface area contributed by atoms with Crippen LogP contribution in [0.1, 0.15) is 22.4 Å². The summed E-state index contributed by atoms with van der Waals surface area (Å²) in [5, 5.41) is 4.27. The molecule has 0 amide bonds. The van der Waals surface area contributed by atoms with Crippen LogP contribution in [0.2, 0.25) is 0 Å². The third kappa shape index (κ3) is 4.14. The van der Waals surface area contributed by atoms with Crippen LogP contribution in [0.3, 0.4) is 0 Å². The van der Waals surface area contributed by atoms with E-state index in [-0.39, 0.29) is 0 Å². The Kier molecular flexibility index (Phi) is 5.13. The fraction of sp³-hybridized carbons (Fsp3) is 0.250. The van der Waals surface area contributed by atoms with Crippen LogP contribution < -0.4 is 10.1 Å². The van der Waals surface area contributed by atoms with Crippen molar-refractivity contribution >= 4 is 10.9 Å². The lowest BCUT2D eigenvalue weighted by Crippen LogP contribution is -2.14. The molecule has 1 heterocycles. The van der Waals surface area contributed by atoms with Gasteiger partial charge in [0.2, 0.25) is 0 Å². The smallest absolute Gasteiger partial charge is 0.416 e. The van der Waals surface area contributed by atoms with Crippen molar-refractivity contribution < 1.29 is 17.9 Å². The van der Waals surface area contributed by atoms with E-state index in [1.807, 2.05) is 25.1 Å². The number of aryl methyl sites for hydroxylation is 1. The van der Waals surface area contributed by atoms with E-state index in [1.54, 1.807) is 7.11 Å². The maximum absolute atomic E-state index is 12.6. The first-order valence-corrected chi connectivity index (χ1v) is 8.18. The van der Waals surface area contributed by atoms with Gasteiger partial charge in [-0.1, -0.05) is 12.1 Å². The Morgan fingerprint density at radius 2 is 1.73 bits per heavy atom. The van der Waals surface area contributed by atoms with E-state index >= 15 is 0 Å². The minimum absolute atomic E-state index is 0.484. The molecule has 0 saturated heterocycles. The number of benzene rings is 2. The standard InChI is InChI=1S/C20H19F3N2O/c1-13-16(9-15-5-8-18(26-2)10-19(15)25-13)12-24-11-14-3-6-17(7-4-14)20(21,22)23/h3-10,24H,11-12H2,1-2H3. The Hall–Kier alpha value is -2.60. The number of hydrogen-bond acceptors (Lipinski definition) is 3. The third-order valence-electron chi connectivity index (χ3n) is 4.25. The predicted octanol–water partition coefficient (Wildman–Crippen LogP) is 4.86. The number of alkyl halides is 3. The van der Waals surface area contributed by atoms with E-state index in [4.69, 9.17) is 4.74 Å². The topological polar surface area (TPSA) is 34.1 Å². The molecule has 0 unspecified atom stereocenters. The third-order valence-corrected chi connectivity index (χ3v) is 4.25. The number of rotatable bonds is 5. The number of nitrogens with zero attached hydrogens (tertiary/aromatic N) is 1. The predicted molar refractivity (Wildman–Crippen MR) is 95.0 cm³/mol. The number of aromatic nitrogens is 1. The van der Waals surface area contributed by atoms with E-state index in [0.717, 1.165) is 45.6 Å². The summed E-state index contributed by atoms with van der Waals surface area (Å²) in [6.45, 7) is 3.01. The second-order valence-electron chi connectivity index (χ2n) is 6.09. The van der Waals surface area contributed by atoms with Crippen molar-refractivity contribution in [1.82, 2.24) is 10.3 Å². The monoisotopic (exact) mass is 360 g/mol. The summed E-state index contributed by atoms with van der Waals surface area (Å²) < 4.78 is 43.0. The second-order valence-corrected chi connectivity index (χ2v) is 6.09. The van der Waals surface area contributed by atoms with Crippen LogP contribution in [0, 0.1) is 6.92 Å². The Balaban J connectivity index is 1.67. The molecule has 0 aliphatic carbocycles. The largest absolute Gasteiger partial charge is 0.497 e. The highest BCUT2D eigenvalue weighted by atomic mass is 19.4. The molecule has 3 rings (SSSR count). The summed E-state index contributed by atoms with van der Waals surface area (Å²) in [6, 6.07) is 13.0. The number of ether oxygens (including phenoxy) is 1. The van der Waals surface area contributed by atoms with Crippen molar-refractivity contribution in [2.75, 3.05) is 7.11 Å². The van der Waals surface area contributed by atoms with Gasteiger partial charge in [0.15, 0.2) is 0 Å². The molecule has 0 radical (unpaired) electrons. The van der Waals surface area contributed by atoms with Crippen molar-refractivity contribution in [3.05, 3.63) is 70.9 Å². The van der Waals surface area contributed by atoms with Crippen molar-refractivity contribution in [2.24, 2.45) is 0 Å². The summed E-state index contributed by atoms with van der Waals surface area (Å²) in [4.78, 5) is 4.60. The lowest BCUT2D eigenvalue weighted by atomic mass is 10.1. The molecule has 1 N–H and O–H groups in total. The van der Waals surface area contributed by atoms with Crippen LogP contribution in [0.25, 0.3) is 10.9 Å². The minimum atomic E-state index is -4.30. The first-order chi connectivity index (χ1) is 12.4. The molecule has 3 aromatic rings. The van der Waals surface area contributed by atoms with Crippen LogP contribution >= 0.6 is 0 Å². The van der Waals surface area contributed by atoms with Crippen LogP contribution in [0.4, 0.5) is 13.2 Å². The van der Waals surface area contributed by atoms with Crippen molar-refractivity contribution in [2.45, 2.75) is 26.2 Å². The zero-order valence-electron chi connectivity index (χ0n) is 14.5. The zero-order chi connectivity index (χ0) is 18.7. The van der Waals surface area contributed by atoms with Crippen molar-refractivity contribution in [3.8, 4) is 5.75 Å². The fourth-order valence-electron chi connectivity index (χ4n) is 2.75. The number of hydrogen-bond donors (Lipinski definition) is 1. The molecule has 26 heavy (non-hydrogen) atoms. The number of halogens is 3. The highest BCUT2D eigenvalue weighted by molar-refractivity contribution is 5.81. The maximum atomic E-state index is 12.6. The maximum Gasteiger partial charge on any atom is 0.416 e. The van der Waals surface area contributed by atoms with Gasteiger partial charge >= 0.3 is 6.18 Å². The normalized spacial score (nSPS) is 11.7. The molecule has 0 spiro atoms. The van der Waals surface area contributed by atoms with E-state index < -0.39 is 11.7 Å². The zero-order valence-corrected chi connectivity index (χ0v) is 14.5. The molecule has 2 aromatic carbocycles. The molecule has 6 heteroatoms. The molecule has 0 aliphatic heterocycles. The van der Waals surface area contributed by atoms with Gasteiger partial charge in [0.25, 0.3) is 0 Å². The van der Waals surface area contributed by atoms with Gasteiger partial charge in [-0.05, 0) is 48.4 Å². The quantitative estimate of drug-likeness (QED) is 0.706. The van der Waals surface area contributed by atoms with Gasteiger partial charge in [-0.15, -0.1) is 0 Å². The molecule has 136 valence electrons. The Labute approximate surface area is 149 Å². The lowest BCUT2D eigenvalue weighted by molar-refractivity contribution is -0.137. The van der Waals surface area contributed by atoms with Gasteiger partial charge in [-0.2, -0.15) is 13.2 Å². The SMILES string of the molecule is COc1ccc2cc(CNCc3ccc(C(F)(F)F)cc3)c(C)nc2c1. The Morgan fingerprint density at radius 3 is 2.38 bits per heavy atom. The summed E-state index contributed by atoms with van der Waals surface area (Å²) in [6.07, 6.45) is -4.30. The molecule has 0 saturated carbocycles. The summed E-state index contributed by atoms with van der Waals surface area (Å²) >= 11 is 0. The summed E-state index contributed by atoms with van der Waals surface area (Å²) in [5.74, 6) is 0.762. The van der Waals surface area contributed by atoms with Gasteiger partial charge in [0, 0.05) is 30.2 Å². The van der Waals surface area contributed by atoms with Crippen LogP contribution in [0.15, 0.2) is 48.5 Å². The van der Waals surface area contributed by atoms with Gasteiger partial charge < -0.3 is 10.1 Å². The van der Waals surface area contributed by atoms with E-state index in [2.05, 4.69) is 16.4 Å². The van der Waals surface area contributed by atoms with E-state index in [0.29, 0.717) is 13.1 Å². The van der Waals surface area contributed by atoms with Gasteiger partial charge in [0.1, 0.15) is 5.75 Å². The number of fused-ring (bicyclic) bond motifs is 1. The molecule has 3 nitrogen and oxygen atoms in total. The Morgan fingerprint density at radius 1 is 1.00 bits per heavy atom. The number of methoxy groups -OCH3 is 1. The number of pyridine rings is 1. The first-order valence-electron chi connectivity index (χ1n) is 8.18. The molecule has 0 bridgehead atoms. The van der Waals surface area contributed by atoms with Gasteiger partial charge in [-0.25, -0.2) is 0 Å². The molecule has 0 fully saturated rings. The molecule has 0 aliphatic rings. The fourth-order valence-corrected chi connectivity index (χ4v) is 2.75. The van der Waals surface area contributed by atoms with Gasteiger partial charge in [-0.3, -0.25) is 4.98 Å². The average molecular weight is 360 g/mol. The Bertz CT molecular complexity index is 905. The van der Waals surface area contributed by atoms with Crippen LogP contribution in [-0.4, -0.2) is 12.1 Å². The lowest BCUT2D eigenvalue weighted by Gasteiger charge is -2.11. The molecular weight excluding hydrogens is 341 g/mol. The summed E-state index contributed by atoms with van der Waals surface area (Å²) in [7, 11) is 1.62. The molecule has 0 atom stereocenters. The van der Waals surface area contributed by atoms with Crippen molar-refractivity contribution in [3.63, 3.8) is 0 Å². The van der Waals surface area contributed by atoms with E-state index in [9.17, 15) is 13.2 Å². The van der Waals surface area contributed by atoms with E-state index in [1.165, 1.54) is 12.1 Å². The molecule has 1 aromatic heterocycles. The first kappa shape index (κ1) is 18.2. The van der Waals surface area contributed by atoms with Crippen molar-refractivity contribution in [1.29, 1.82) is 0 Å². The average Bonchev–Trinajstić information content (AvgIpc) is 2.61. The second kappa shape index (κ2) is 7.33. The summed E-state index contributed by atoms with van der Waals surface area (Å²) in [5.41, 5.74) is 2.99. The van der Waals surface area contributed by atoms with Crippen LogP contribution in [0.5, 0.6) is 5.75 Å². The molecular formula is C20H19F3N2O. The van der Waals surface area contributed by atoms with Gasteiger partial charge in [0.05, 0.1) is 18.2 Å². The van der Waals surface area contributed by atoms with Crippen LogP contribution in [-0.2, 0) is 19.3 Å². The number of nitrogens with one attached hydrogen (secondary N) is 1. The highest BCUT2D eigenvalue weighted by Crippen LogP contribution is 2.29. The minimum Gasteiger partial charge on any atom is -0.497 e. The highest BCUT2D eigenvalue weighted by Gasteiger charge is 2.29.